The summed E-state index contributed by atoms with van der Waals surface area (Å²) < 4.78 is 5.64. The Hall–Kier alpha value is -1.91. The van der Waals surface area contributed by atoms with Crippen LogP contribution in [0.2, 0.25) is 0 Å². The molecule has 0 aliphatic rings. The first-order chi connectivity index (χ1) is 8.91. The van der Waals surface area contributed by atoms with Crippen molar-refractivity contribution in [3.63, 3.8) is 0 Å². The Labute approximate surface area is 114 Å². The standard InChI is InChI=1S/C14H23N3O2/c1-16(2)11-7-8-12(15)13(10-11)19-9-5-6-14(18)17(3)4/h7-8,10H,5-6,9,15H2,1-4H3. The van der Waals surface area contributed by atoms with Crippen molar-refractivity contribution in [3.8, 4) is 5.75 Å². The van der Waals surface area contributed by atoms with E-state index >= 15 is 0 Å². The number of benzene rings is 1. The summed E-state index contributed by atoms with van der Waals surface area (Å²) in [5.74, 6) is 0.780. The van der Waals surface area contributed by atoms with Gasteiger partial charge in [0.15, 0.2) is 0 Å². The van der Waals surface area contributed by atoms with Gasteiger partial charge in [-0.05, 0) is 18.6 Å². The van der Waals surface area contributed by atoms with Crippen LogP contribution in [0.15, 0.2) is 18.2 Å². The number of hydrogen-bond acceptors (Lipinski definition) is 4. The molecule has 0 radical (unpaired) electrons. The van der Waals surface area contributed by atoms with Gasteiger partial charge in [0.2, 0.25) is 5.91 Å². The molecule has 0 aliphatic heterocycles. The fraction of sp³-hybridized carbons (Fsp3) is 0.500. The van der Waals surface area contributed by atoms with Gasteiger partial charge in [-0.2, -0.15) is 0 Å². The third-order valence-electron chi connectivity index (χ3n) is 2.80. The summed E-state index contributed by atoms with van der Waals surface area (Å²) in [7, 11) is 7.43. The predicted octanol–water partition coefficient (Wildman–Crippen LogP) is 1.58. The van der Waals surface area contributed by atoms with Gasteiger partial charge in [0.1, 0.15) is 5.75 Å². The third kappa shape index (κ3) is 4.69. The van der Waals surface area contributed by atoms with Gasteiger partial charge in [-0.15, -0.1) is 0 Å². The molecule has 0 spiro atoms. The largest absolute Gasteiger partial charge is 0.491 e. The number of carbonyl (C=O) groups is 1. The number of rotatable bonds is 6. The molecule has 0 atom stereocenters. The van der Waals surface area contributed by atoms with E-state index in [1.807, 2.05) is 37.2 Å². The van der Waals surface area contributed by atoms with Gasteiger partial charge in [0.05, 0.1) is 12.3 Å². The highest BCUT2D eigenvalue weighted by Gasteiger charge is 2.06. The summed E-state index contributed by atoms with van der Waals surface area (Å²) in [5.41, 5.74) is 7.51. The van der Waals surface area contributed by atoms with Crippen LogP contribution in [0.25, 0.3) is 0 Å². The lowest BCUT2D eigenvalue weighted by Gasteiger charge is -2.16. The highest BCUT2D eigenvalue weighted by Crippen LogP contribution is 2.26. The van der Waals surface area contributed by atoms with Crippen LogP contribution in [0.3, 0.4) is 0 Å². The van der Waals surface area contributed by atoms with E-state index in [0.29, 0.717) is 30.9 Å². The average Bonchev–Trinajstić information content (AvgIpc) is 2.35. The second kappa shape index (κ2) is 6.87. The normalized spacial score (nSPS) is 10.1. The first-order valence-corrected chi connectivity index (χ1v) is 6.31. The lowest BCUT2D eigenvalue weighted by atomic mass is 10.2. The molecule has 0 saturated heterocycles. The van der Waals surface area contributed by atoms with Gasteiger partial charge < -0.3 is 20.3 Å². The van der Waals surface area contributed by atoms with E-state index < -0.39 is 0 Å². The molecule has 5 nitrogen and oxygen atoms in total. The van der Waals surface area contributed by atoms with E-state index in [9.17, 15) is 4.79 Å². The molecule has 1 amide bonds. The molecule has 0 bridgehead atoms. The topological polar surface area (TPSA) is 58.8 Å². The Bertz CT molecular complexity index is 431. The van der Waals surface area contributed by atoms with Gasteiger partial charge in [0, 0.05) is 46.4 Å². The Morgan fingerprint density at radius 1 is 1.26 bits per heavy atom. The summed E-state index contributed by atoms with van der Waals surface area (Å²) in [4.78, 5) is 15.0. The lowest BCUT2D eigenvalue weighted by Crippen LogP contribution is -2.21. The second-order valence-electron chi connectivity index (χ2n) is 4.86. The number of ether oxygens (including phenoxy) is 1. The maximum absolute atomic E-state index is 11.4. The molecule has 106 valence electrons. The van der Waals surface area contributed by atoms with Crippen molar-refractivity contribution in [2.75, 3.05) is 45.4 Å². The van der Waals surface area contributed by atoms with Gasteiger partial charge in [-0.1, -0.05) is 0 Å². The number of nitrogen functional groups attached to an aromatic ring is 1. The SMILES string of the molecule is CN(C)C(=O)CCCOc1cc(N(C)C)ccc1N. The summed E-state index contributed by atoms with van der Waals surface area (Å²) >= 11 is 0. The maximum Gasteiger partial charge on any atom is 0.222 e. The van der Waals surface area contributed by atoms with Gasteiger partial charge in [-0.3, -0.25) is 4.79 Å². The second-order valence-corrected chi connectivity index (χ2v) is 4.86. The molecule has 19 heavy (non-hydrogen) atoms. The minimum absolute atomic E-state index is 0.110. The minimum atomic E-state index is 0.110. The van der Waals surface area contributed by atoms with Crippen LogP contribution in [-0.4, -0.2) is 45.6 Å². The lowest BCUT2D eigenvalue weighted by molar-refractivity contribution is -0.128. The van der Waals surface area contributed by atoms with Crippen LogP contribution in [0.5, 0.6) is 5.75 Å². The van der Waals surface area contributed by atoms with Crippen molar-refractivity contribution in [2.24, 2.45) is 0 Å². The van der Waals surface area contributed by atoms with E-state index in [0.717, 1.165) is 5.69 Å². The molecule has 0 saturated carbocycles. The van der Waals surface area contributed by atoms with Gasteiger partial charge >= 0.3 is 0 Å². The van der Waals surface area contributed by atoms with E-state index in [2.05, 4.69) is 0 Å². The molecule has 0 unspecified atom stereocenters. The molecule has 1 aromatic carbocycles. The first kappa shape index (κ1) is 15.1. The summed E-state index contributed by atoms with van der Waals surface area (Å²) in [6, 6.07) is 5.68. The molecule has 0 aromatic heterocycles. The van der Waals surface area contributed by atoms with Gasteiger partial charge in [0.25, 0.3) is 0 Å². The quantitative estimate of drug-likeness (QED) is 0.627. The van der Waals surface area contributed by atoms with Crippen LogP contribution in [0.4, 0.5) is 11.4 Å². The van der Waals surface area contributed by atoms with Crippen molar-refractivity contribution >= 4 is 17.3 Å². The number of nitrogens with two attached hydrogens (primary N) is 1. The molecule has 0 aliphatic carbocycles. The monoisotopic (exact) mass is 265 g/mol. The van der Waals surface area contributed by atoms with E-state index in [1.54, 1.807) is 19.0 Å². The zero-order valence-corrected chi connectivity index (χ0v) is 12.1. The van der Waals surface area contributed by atoms with Crippen molar-refractivity contribution in [1.82, 2.24) is 4.90 Å². The smallest absolute Gasteiger partial charge is 0.222 e. The number of anilines is 2. The Morgan fingerprint density at radius 2 is 1.95 bits per heavy atom. The fourth-order valence-electron chi connectivity index (χ4n) is 1.56. The zero-order valence-electron chi connectivity index (χ0n) is 12.1. The van der Waals surface area contributed by atoms with Crippen molar-refractivity contribution in [1.29, 1.82) is 0 Å². The molecule has 5 heteroatoms. The number of nitrogens with zero attached hydrogens (tertiary/aromatic N) is 2. The zero-order chi connectivity index (χ0) is 14.4. The Balaban J connectivity index is 2.49. The van der Waals surface area contributed by atoms with Crippen molar-refractivity contribution in [3.05, 3.63) is 18.2 Å². The fourth-order valence-corrected chi connectivity index (χ4v) is 1.56. The third-order valence-corrected chi connectivity index (χ3v) is 2.80. The Morgan fingerprint density at radius 3 is 2.53 bits per heavy atom. The first-order valence-electron chi connectivity index (χ1n) is 6.31. The maximum atomic E-state index is 11.4. The Kier molecular flexibility index (Phi) is 5.48. The predicted molar refractivity (Wildman–Crippen MR) is 78.6 cm³/mol. The average molecular weight is 265 g/mol. The molecular formula is C14H23N3O2. The summed E-state index contributed by atoms with van der Waals surface area (Å²) in [6.07, 6.45) is 1.17. The van der Waals surface area contributed by atoms with Crippen LogP contribution in [0.1, 0.15) is 12.8 Å². The van der Waals surface area contributed by atoms with Crippen LogP contribution >= 0.6 is 0 Å². The summed E-state index contributed by atoms with van der Waals surface area (Å²) in [6.45, 7) is 0.487. The molecule has 2 N–H and O–H groups in total. The number of hydrogen-bond donors (Lipinski definition) is 1. The molecule has 0 heterocycles. The van der Waals surface area contributed by atoms with E-state index in [4.69, 9.17) is 10.5 Å². The van der Waals surface area contributed by atoms with Crippen LogP contribution < -0.4 is 15.4 Å². The number of carbonyl (C=O) groups excluding carboxylic acids is 1. The molecule has 1 aromatic rings. The van der Waals surface area contributed by atoms with Gasteiger partial charge in [-0.25, -0.2) is 0 Å². The van der Waals surface area contributed by atoms with Crippen molar-refractivity contribution in [2.45, 2.75) is 12.8 Å². The highest BCUT2D eigenvalue weighted by atomic mass is 16.5. The highest BCUT2D eigenvalue weighted by molar-refractivity contribution is 5.75. The number of amides is 1. The molecular weight excluding hydrogens is 242 g/mol. The molecule has 0 fully saturated rings. The minimum Gasteiger partial charge on any atom is -0.491 e. The van der Waals surface area contributed by atoms with E-state index in [1.165, 1.54) is 0 Å². The van der Waals surface area contributed by atoms with Crippen LogP contribution in [-0.2, 0) is 4.79 Å². The molecule has 1 rings (SSSR count). The van der Waals surface area contributed by atoms with Crippen molar-refractivity contribution < 1.29 is 9.53 Å². The van der Waals surface area contributed by atoms with Crippen LogP contribution in [0, 0.1) is 0 Å². The summed E-state index contributed by atoms with van der Waals surface area (Å²) in [5, 5.41) is 0. The van der Waals surface area contributed by atoms with E-state index in [-0.39, 0.29) is 5.91 Å².